The van der Waals surface area contributed by atoms with Gasteiger partial charge < -0.3 is 5.32 Å². The zero-order chi connectivity index (χ0) is 14.0. The first-order chi connectivity index (χ1) is 9.73. The predicted molar refractivity (Wildman–Crippen MR) is 77.3 cm³/mol. The van der Waals surface area contributed by atoms with Crippen molar-refractivity contribution in [3.8, 4) is 6.07 Å². The van der Waals surface area contributed by atoms with Crippen molar-refractivity contribution >= 4 is 5.69 Å². The second-order valence-electron chi connectivity index (χ2n) is 5.33. The Hall–Kier alpha value is -2.41. The average molecular weight is 264 g/mol. The summed E-state index contributed by atoms with van der Waals surface area (Å²) in [5, 5.41) is 12.5. The predicted octanol–water partition coefficient (Wildman–Crippen LogP) is 2.80. The Morgan fingerprint density at radius 2 is 2.20 bits per heavy atom. The molecular weight excluding hydrogens is 248 g/mol. The Balaban J connectivity index is 1.78. The lowest BCUT2D eigenvalue weighted by atomic mass is 10.0. The van der Waals surface area contributed by atoms with Gasteiger partial charge in [0, 0.05) is 35.7 Å². The molecule has 1 aliphatic carbocycles. The van der Waals surface area contributed by atoms with Crippen LogP contribution in [0.3, 0.4) is 0 Å². The Morgan fingerprint density at radius 3 is 2.85 bits per heavy atom. The maximum absolute atomic E-state index is 9.13. The molecule has 2 aromatic heterocycles. The van der Waals surface area contributed by atoms with Crippen molar-refractivity contribution < 1.29 is 0 Å². The molecular formula is C16H16N4. The summed E-state index contributed by atoms with van der Waals surface area (Å²) in [7, 11) is 0. The highest BCUT2D eigenvalue weighted by molar-refractivity contribution is 5.57. The highest BCUT2D eigenvalue weighted by Crippen LogP contribution is 2.47. The molecule has 0 bridgehead atoms. The first-order valence-electron chi connectivity index (χ1n) is 6.76. The second kappa shape index (κ2) is 4.93. The number of nitrogens with one attached hydrogen (secondary N) is 1. The van der Waals surface area contributed by atoms with Crippen molar-refractivity contribution in [2.24, 2.45) is 0 Å². The van der Waals surface area contributed by atoms with E-state index in [1.807, 2.05) is 31.3 Å². The van der Waals surface area contributed by atoms with Gasteiger partial charge in [0.25, 0.3) is 0 Å². The molecule has 0 atom stereocenters. The van der Waals surface area contributed by atoms with Crippen LogP contribution in [0.25, 0.3) is 0 Å². The summed E-state index contributed by atoms with van der Waals surface area (Å²) in [6.45, 7) is 2.74. The number of pyridine rings is 2. The normalized spacial score (nSPS) is 15.4. The number of hydrogen-bond donors (Lipinski definition) is 1. The van der Waals surface area contributed by atoms with Crippen molar-refractivity contribution in [2.75, 3.05) is 11.9 Å². The fraction of sp³-hybridized carbons (Fsp3) is 0.312. The van der Waals surface area contributed by atoms with Gasteiger partial charge >= 0.3 is 0 Å². The smallest absolute Gasteiger partial charge is 0.103 e. The lowest BCUT2D eigenvalue weighted by Gasteiger charge is -2.17. The van der Waals surface area contributed by atoms with Gasteiger partial charge in [-0.1, -0.05) is 6.07 Å². The van der Waals surface area contributed by atoms with E-state index in [-0.39, 0.29) is 5.41 Å². The molecule has 0 unspecified atom stereocenters. The molecule has 1 fully saturated rings. The van der Waals surface area contributed by atoms with Crippen LogP contribution in [0, 0.1) is 18.3 Å². The highest BCUT2D eigenvalue weighted by Gasteiger charge is 2.45. The van der Waals surface area contributed by atoms with Gasteiger partial charge in [0.1, 0.15) is 6.07 Å². The van der Waals surface area contributed by atoms with Crippen LogP contribution in [0.1, 0.15) is 29.8 Å². The quantitative estimate of drug-likeness (QED) is 0.922. The third kappa shape index (κ3) is 2.35. The minimum atomic E-state index is 0.130. The van der Waals surface area contributed by atoms with Crippen molar-refractivity contribution in [3.05, 3.63) is 53.6 Å². The minimum absolute atomic E-state index is 0.130. The van der Waals surface area contributed by atoms with E-state index in [1.165, 1.54) is 0 Å². The maximum atomic E-state index is 9.13. The van der Waals surface area contributed by atoms with Crippen LogP contribution in [-0.2, 0) is 5.41 Å². The van der Waals surface area contributed by atoms with Gasteiger partial charge in [-0.05, 0) is 38.0 Å². The molecule has 100 valence electrons. The van der Waals surface area contributed by atoms with Gasteiger partial charge in [-0.25, -0.2) is 0 Å². The summed E-state index contributed by atoms with van der Waals surface area (Å²) in [6.07, 6.45) is 5.75. The summed E-state index contributed by atoms with van der Waals surface area (Å²) in [4.78, 5) is 8.62. The fourth-order valence-electron chi connectivity index (χ4n) is 2.41. The Labute approximate surface area is 118 Å². The molecule has 4 heteroatoms. The van der Waals surface area contributed by atoms with E-state index >= 15 is 0 Å². The van der Waals surface area contributed by atoms with E-state index in [0.717, 1.165) is 36.5 Å². The number of anilines is 1. The monoisotopic (exact) mass is 264 g/mol. The van der Waals surface area contributed by atoms with Gasteiger partial charge in [0.15, 0.2) is 0 Å². The summed E-state index contributed by atoms with van der Waals surface area (Å²) >= 11 is 0. The largest absolute Gasteiger partial charge is 0.383 e. The van der Waals surface area contributed by atoms with Crippen LogP contribution in [-0.4, -0.2) is 16.5 Å². The van der Waals surface area contributed by atoms with E-state index in [9.17, 15) is 0 Å². The highest BCUT2D eigenvalue weighted by atomic mass is 14.9. The van der Waals surface area contributed by atoms with Crippen molar-refractivity contribution in [2.45, 2.75) is 25.2 Å². The first-order valence-corrected chi connectivity index (χ1v) is 6.76. The van der Waals surface area contributed by atoms with Crippen LogP contribution in [0.15, 0.2) is 36.7 Å². The maximum Gasteiger partial charge on any atom is 0.103 e. The number of aryl methyl sites for hydroxylation is 1. The molecule has 0 radical (unpaired) electrons. The number of aromatic nitrogens is 2. The summed E-state index contributed by atoms with van der Waals surface area (Å²) < 4.78 is 0. The van der Waals surface area contributed by atoms with Crippen LogP contribution >= 0.6 is 0 Å². The average Bonchev–Trinajstić information content (AvgIpc) is 3.27. The molecule has 0 amide bonds. The number of nitriles is 1. The lowest BCUT2D eigenvalue weighted by molar-refractivity contribution is 0.703. The van der Waals surface area contributed by atoms with Gasteiger partial charge in [0.05, 0.1) is 11.3 Å². The molecule has 0 spiro atoms. The van der Waals surface area contributed by atoms with Crippen LogP contribution in [0.5, 0.6) is 0 Å². The molecule has 0 aromatic carbocycles. The van der Waals surface area contributed by atoms with E-state index in [2.05, 4.69) is 27.4 Å². The second-order valence-corrected chi connectivity index (χ2v) is 5.33. The van der Waals surface area contributed by atoms with E-state index < -0.39 is 0 Å². The summed E-state index contributed by atoms with van der Waals surface area (Å²) in [6, 6.07) is 10.1. The third-order valence-corrected chi connectivity index (χ3v) is 3.84. The number of rotatable bonds is 4. The molecule has 1 saturated carbocycles. The van der Waals surface area contributed by atoms with E-state index in [1.54, 1.807) is 6.20 Å². The molecule has 0 aliphatic heterocycles. The molecule has 2 heterocycles. The van der Waals surface area contributed by atoms with E-state index in [4.69, 9.17) is 5.26 Å². The standard InChI is InChI=1S/C16H16N4/c1-12-8-14(13(9-17)10-19-12)20-11-16(5-6-16)15-4-2-3-7-18-15/h2-4,7-8,10H,5-6,11H2,1H3,(H,19,20). The van der Waals surface area contributed by atoms with Gasteiger partial charge in [-0.15, -0.1) is 0 Å². The Kier molecular flexibility index (Phi) is 3.11. The van der Waals surface area contributed by atoms with Gasteiger partial charge in [0.2, 0.25) is 0 Å². The molecule has 2 aromatic rings. The molecule has 4 nitrogen and oxygen atoms in total. The molecule has 1 aliphatic rings. The summed E-state index contributed by atoms with van der Waals surface area (Å²) in [5.41, 5.74) is 3.63. The zero-order valence-corrected chi connectivity index (χ0v) is 11.4. The Morgan fingerprint density at radius 1 is 1.35 bits per heavy atom. The van der Waals surface area contributed by atoms with Crippen molar-refractivity contribution in [1.82, 2.24) is 9.97 Å². The van der Waals surface area contributed by atoms with Crippen LogP contribution < -0.4 is 5.32 Å². The molecule has 1 N–H and O–H groups in total. The number of hydrogen-bond acceptors (Lipinski definition) is 4. The number of nitrogens with zero attached hydrogens (tertiary/aromatic N) is 3. The van der Waals surface area contributed by atoms with Crippen molar-refractivity contribution in [3.63, 3.8) is 0 Å². The Bertz CT molecular complexity index is 654. The first kappa shape index (κ1) is 12.6. The SMILES string of the molecule is Cc1cc(NCC2(c3ccccn3)CC2)c(C#N)cn1. The van der Waals surface area contributed by atoms with E-state index in [0.29, 0.717) is 5.56 Å². The summed E-state index contributed by atoms with van der Waals surface area (Å²) in [5.74, 6) is 0. The van der Waals surface area contributed by atoms with Crippen LogP contribution in [0.2, 0.25) is 0 Å². The lowest BCUT2D eigenvalue weighted by Crippen LogP contribution is -2.21. The zero-order valence-electron chi connectivity index (χ0n) is 11.4. The minimum Gasteiger partial charge on any atom is -0.383 e. The molecule has 0 saturated heterocycles. The molecule has 3 rings (SSSR count). The van der Waals surface area contributed by atoms with Crippen LogP contribution in [0.4, 0.5) is 5.69 Å². The van der Waals surface area contributed by atoms with Gasteiger partial charge in [-0.3, -0.25) is 9.97 Å². The van der Waals surface area contributed by atoms with Gasteiger partial charge in [-0.2, -0.15) is 5.26 Å². The topological polar surface area (TPSA) is 61.6 Å². The van der Waals surface area contributed by atoms with Crippen molar-refractivity contribution in [1.29, 1.82) is 5.26 Å². The third-order valence-electron chi connectivity index (χ3n) is 3.84. The fourth-order valence-corrected chi connectivity index (χ4v) is 2.41. The molecule has 20 heavy (non-hydrogen) atoms.